The molecule has 3 rings (SSSR count). The lowest BCUT2D eigenvalue weighted by Crippen LogP contribution is -2.52. The van der Waals surface area contributed by atoms with E-state index in [4.69, 9.17) is 4.74 Å². The van der Waals surface area contributed by atoms with Crippen LogP contribution >= 0.6 is 0 Å². The number of aliphatic hydroxyl groups excluding tert-OH is 1. The third kappa shape index (κ3) is 4.44. The molecule has 3 unspecified atom stereocenters. The lowest BCUT2D eigenvalue weighted by molar-refractivity contribution is -0.792. The van der Waals surface area contributed by atoms with Gasteiger partial charge in [0, 0.05) is 17.8 Å². The second-order valence-corrected chi connectivity index (χ2v) is 7.50. The van der Waals surface area contributed by atoms with Crippen LogP contribution in [0.2, 0.25) is 0 Å². The van der Waals surface area contributed by atoms with Crippen molar-refractivity contribution in [3.8, 4) is 11.8 Å². The fourth-order valence-electron chi connectivity index (χ4n) is 3.49. The van der Waals surface area contributed by atoms with Crippen molar-refractivity contribution in [1.29, 1.82) is 5.26 Å². The van der Waals surface area contributed by atoms with Gasteiger partial charge in [0.05, 0.1) is 17.7 Å². The number of benzene rings is 1. The number of nitrogens with zero attached hydrogens (tertiary/aromatic N) is 4. The van der Waals surface area contributed by atoms with Crippen LogP contribution in [0.3, 0.4) is 0 Å². The van der Waals surface area contributed by atoms with Crippen LogP contribution in [0.1, 0.15) is 42.7 Å². The zero-order valence-corrected chi connectivity index (χ0v) is 16.9. The molecule has 1 aromatic heterocycles. The van der Waals surface area contributed by atoms with E-state index >= 15 is 0 Å². The summed E-state index contributed by atoms with van der Waals surface area (Å²) in [6, 6.07) is 7.97. The highest BCUT2D eigenvalue weighted by atomic mass is 17.0. The van der Waals surface area contributed by atoms with Crippen LogP contribution in [0.4, 0.5) is 0 Å². The number of ether oxygens (including phenoxy) is 1. The minimum absolute atomic E-state index is 0.0309. The summed E-state index contributed by atoms with van der Waals surface area (Å²) in [7, 11) is 0. The molecule has 2 heterocycles. The minimum Gasteiger partial charge on any atom is -0.485 e. The van der Waals surface area contributed by atoms with Gasteiger partial charge in [-0.25, -0.2) is 0 Å². The van der Waals surface area contributed by atoms with Crippen LogP contribution in [0, 0.1) is 31.6 Å². The van der Waals surface area contributed by atoms with Gasteiger partial charge in [-0.2, -0.15) is 5.26 Å². The quantitative estimate of drug-likeness (QED) is 0.481. The van der Waals surface area contributed by atoms with E-state index in [2.05, 4.69) is 9.68 Å². The Morgan fingerprint density at radius 2 is 2.00 bits per heavy atom. The van der Waals surface area contributed by atoms with Crippen molar-refractivity contribution in [2.45, 2.75) is 37.7 Å². The number of nitriles is 1. The molecule has 0 saturated carbocycles. The highest BCUT2D eigenvalue weighted by Gasteiger charge is 2.44. The van der Waals surface area contributed by atoms with Gasteiger partial charge >= 0.3 is 0 Å². The second kappa shape index (κ2) is 8.52. The summed E-state index contributed by atoms with van der Waals surface area (Å²) in [5.74, 6) is 0.384. The number of fused-ring (bicyclic) bond motifs is 1. The van der Waals surface area contributed by atoms with Gasteiger partial charge in [-0.3, -0.25) is 4.79 Å². The summed E-state index contributed by atoms with van der Waals surface area (Å²) >= 11 is 0. The molecule has 0 aliphatic carbocycles. The molecule has 1 aliphatic heterocycles. The normalized spacial score (nSPS) is 19.6. The maximum Gasteiger partial charge on any atom is 0.295 e. The summed E-state index contributed by atoms with van der Waals surface area (Å²) in [5, 5.41) is 39.1. The summed E-state index contributed by atoms with van der Waals surface area (Å²) in [4.78, 5) is 42.7. The number of hydrogen-bond donors (Lipinski definition) is 1. The van der Waals surface area contributed by atoms with Crippen molar-refractivity contribution in [1.82, 2.24) is 4.57 Å². The molecule has 0 spiro atoms. The molecule has 1 N–H and O–H groups in total. The Morgan fingerprint density at radius 1 is 1.28 bits per heavy atom. The van der Waals surface area contributed by atoms with Gasteiger partial charge in [-0.15, -0.1) is 20.2 Å². The van der Waals surface area contributed by atoms with Gasteiger partial charge in [0.2, 0.25) is 0 Å². The highest BCUT2D eigenvalue weighted by molar-refractivity contribution is 5.46. The number of pyridine rings is 1. The van der Waals surface area contributed by atoms with E-state index in [9.17, 15) is 35.4 Å². The van der Waals surface area contributed by atoms with Crippen molar-refractivity contribution >= 4 is 0 Å². The predicted octanol–water partition coefficient (Wildman–Crippen LogP) is 1.30. The molecule has 0 amide bonds. The lowest BCUT2D eigenvalue weighted by Gasteiger charge is -2.42. The SMILES string of the molecule is CC1(C)Oc2ccc(C#N)cc2C(n2ccc(C(CO[N+](=O)[O-])O[N+](=O)[O-])cc2=O)C1O. The highest BCUT2D eigenvalue weighted by Crippen LogP contribution is 2.41. The Labute approximate surface area is 180 Å². The Balaban J connectivity index is 2.06. The number of hydrogen-bond acceptors (Lipinski definition) is 10. The Hall–Kier alpha value is -4.18. The molecule has 0 radical (unpaired) electrons. The van der Waals surface area contributed by atoms with Crippen molar-refractivity contribution in [3.63, 3.8) is 0 Å². The van der Waals surface area contributed by atoms with Gasteiger partial charge in [0.15, 0.2) is 6.10 Å². The summed E-state index contributed by atoms with van der Waals surface area (Å²) in [6.45, 7) is 2.47. The number of rotatable bonds is 7. The third-order valence-electron chi connectivity index (χ3n) is 5.03. The third-order valence-corrected chi connectivity index (χ3v) is 5.03. The van der Waals surface area contributed by atoms with E-state index in [0.29, 0.717) is 16.9 Å². The zero-order valence-electron chi connectivity index (χ0n) is 16.9. The molecule has 13 nitrogen and oxygen atoms in total. The average Bonchev–Trinajstić information content (AvgIpc) is 2.72. The van der Waals surface area contributed by atoms with Gasteiger partial charge in [-0.05, 0) is 43.7 Å². The lowest BCUT2D eigenvalue weighted by atomic mass is 9.85. The molecule has 1 aliphatic rings. The largest absolute Gasteiger partial charge is 0.485 e. The Morgan fingerprint density at radius 3 is 2.59 bits per heavy atom. The van der Waals surface area contributed by atoms with Gasteiger partial charge in [-0.1, -0.05) is 0 Å². The molecule has 1 aromatic carbocycles. The molecule has 0 bridgehead atoms. The maximum atomic E-state index is 12.9. The van der Waals surface area contributed by atoms with Crippen LogP contribution in [-0.4, -0.2) is 38.2 Å². The zero-order chi connectivity index (χ0) is 23.6. The molecular formula is C19H18N4O9. The average molecular weight is 446 g/mol. The van der Waals surface area contributed by atoms with Gasteiger partial charge in [0.25, 0.3) is 15.7 Å². The first-order chi connectivity index (χ1) is 15.0. The number of aliphatic hydroxyl groups is 1. The van der Waals surface area contributed by atoms with Gasteiger partial charge in [0.1, 0.15) is 24.1 Å². The van der Waals surface area contributed by atoms with E-state index in [1.165, 1.54) is 22.9 Å². The van der Waals surface area contributed by atoms with Crippen molar-refractivity contribution in [3.05, 3.63) is 83.8 Å². The molecule has 168 valence electrons. The van der Waals surface area contributed by atoms with Crippen molar-refractivity contribution < 1.29 is 29.7 Å². The molecule has 0 saturated heterocycles. The fourth-order valence-corrected chi connectivity index (χ4v) is 3.49. The van der Waals surface area contributed by atoms with Crippen molar-refractivity contribution in [2.75, 3.05) is 6.61 Å². The maximum absolute atomic E-state index is 12.9. The Bertz CT molecular complexity index is 1150. The monoisotopic (exact) mass is 446 g/mol. The molecule has 3 atom stereocenters. The smallest absolute Gasteiger partial charge is 0.295 e. The van der Waals surface area contributed by atoms with E-state index in [0.717, 1.165) is 6.07 Å². The van der Waals surface area contributed by atoms with Crippen molar-refractivity contribution in [2.24, 2.45) is 0 Å². The van der Waals surface area contributed by atoms with Crippen LogP contribution in [0.5, 0.6) is 5.75 Å². The van der Waals surface area contributed by atoms with Crippen LogP contribution < -0.4 is 10.3 Å². The molecular weight excluding hydrogens is 428 g/mol. The van der Waals surface area contributed by atoms with E-state index in [-0.39, 0.29) is 5.56 Å². The van der Waals surface area contributed by atoms with Crippen LogP contribution in [0.25, 0.3) is 0 Å². The summed E-state index contributed by atoms with van der Waals surface area (Å²) < 4.78 is 7.02. The summed E-state index contributed by atoms with van der Waals surface area (Å²) in [6.07, 6.45) is -1.44. The Kier molecular flexibility index (Phi) is 5.99. The van der Waals surface area contributed by atoms with E-state index in [1.807, 2.05) is 6.07 Å². The van der Waals surface area contributed by atoms with E-state index in [1.54, 1.807) is 26.0 Å². The van der Waals surface area contributed by atoms with Gasteiger partial charge < -0.3 is 24.1 Å². The summed E-state index contributed by atoms with van der Waals surface area (Å²) in [5.41, 5.74) is -1.08. The topological polar surface area (TPSA) is 180 Å². The molecule has 2 aromatic rings. The molecule has 32 heavy (non-hydrogen) atoms. The standard InChI is InChI=1S/C19H18N4O9/c1-19(2)18(25)17(13-7-11(9-20)3-4-14(13)31-19)21-6-5-12(8-16(21)24)15(32-23(28)29)10-30-22(26)27/h3-8,15,17-18,25H,10H2,1-2H3. The van der Waals surface area contributed by atoms with Crippen LogP contribution in [-0.2, 0) is 9.68 Å². The second-order valence-electron chi connectivity index (χ2n) is 7.50. The first-order valence-corrected chi connectivity index (χ1v) is 9.25. The number of aromatic nitrogens is 1. The first-order valence-electron chi connectivity index (χ1n) is 9.25. The molecule has 0 fully saturated rings. The molecule has 13 heteroatoms. The predicted molar refractivity (Wildman–Crippen MR) is 104 cm³/mol. The first kappa shape index (κ1) is 22.5. The van der Waals surface area contributed by atoms with E-state index < -0.39 is 46.2 Å². The fraction of sp³-hybridized carbons (Fsp3) is 0.368. The van der Waals surface area contributed by atoms with Crippen LogP contribution in [0.15, 0.2) is 41.3 Å². The minimum atomic E-state index is -1.52.